The lowest BCUT2D eigenvalue weighted by Crippen LogP contribution is -2.11. The van der Waals surface area contributed by atoms with Gasteiger partial charge < -0.3 is 0 Å². The number of aromatic nitrogens is 1. The lowest BCUT2D eigenvalue weighted by Gasteiger charge is -2.07. The zero-order valence-electron chi connectivity index (χ0n) is 7.34. The SMILES string of the molecule is N#CCc1cnc(C(F)(F)F)c(C#N)c1. The van der Waals surface area contributed by atoms with Crippen LogP contribution in [0.4, 0.5) is 13.2 Å². The van der Waals surface area contributed by atoms with Gasteiger partial charge in [-0.2, -0.15) is 23.7 Å². The molecule has 6 heteroatoms. The van der Waals surface area contributed by atoms with Crippen LogP contribution in [0, 0.1) is 22.7 Å². The van der Waals surface area contributed by atoms with Gasteiger partial charge in [0.05, 0.1) is 18.1 Å². The van der Waals surface area contributed by atoms with Crippen LogP contribution in [-0.2, 0) is 12.6 Å². The van der Waals surface area contributed by atoms with Gasteiger partial charge in [0.25, 0.3) is 0 Å². The molecule has 0 saturated heterocycles. The van der Waals surface area contributed by atoms with Crippen molar-refractivity contribution in [3.63, 3.8) is 0 Å². The van der Waals surface area contributed by atoms with Gasteiger partial charge in [0.15, 0.2) is 5.69 Å². The predicted octanol–water partition coefficient (Wildman–Crippen LogP) is 2.04. The number of hydrogen-bond acceptors (Lipinski definition) is 3. The number of halogens is 3. The topological polar surface area (TPSA) is 60.5 Å². The summed E-state index contributed by atoms with van der Waals surface area (Å²) in [6.07, 6.45) is -3.76. The molecule has 1 rings (SSSR count). The third-order valence-electron chi connectivity index (χ3n) is 1.62. The summed E-state index contributed by atoms with van der Waals surface area (Å²) in [5, 5.41) is 16.8. The molecule has 15 heavy (non-hydrogen) atoms. The van der Waals surface area contributed by atoms with Crippen LogP contribution >= 0.6 is 0 Å². The number of alkyl halides is 3. The smallest absolute Gasteiger partial charge is 0.250 e. The summed E-state index contributed by atoms with van der Waals surface area (Å²) in [7, 11) is 0. The Bertz CT molecular complexity index is 451. The van der Waals surface area contributed by atoms with E-state index in [1.807, 2.05) is 0 Å². The van der Waals surface area contributed by atoms with Gasteiger partial charge in [0.1, 0.15) is 6.07 Å². The van der Waals surface area contributed by atoms with E-state index in [9.17, 15) is 13.2 Å². The van der Waals surface area contributed by atoms with Gasteiger partial charge in [0.2, 0.25) is 0 Å². The molecule has 1 aromatic rings. The first-order valence-electron chi connectivity index (χ1n) is 3.82. The number of hydrogen-bond donors (Lipinski definition) is 0. The van der Waals surface area contributed by atoms with E-state index >= 15 is 0 Å². The highest BCUT2D eigenvalue weighted by Gasteiger charge is 2.35. The van der Waals surface area contributed by atoms with Gasteiger partial charge >= 0.3 is 6.18 Å². The van der Waals surface area contributed by atoms with Gasteiger partial charge in [-0.25, -0.2) is 0 Å². The van der Waals surface area contributed by atoms with Gasteiger partial charge in [-0.15, -0.1) is 0 Å². The molecule has 0 unspecified atom stereocenters. The maximum atomic E-state index is 12.3. The minimum absolute atomic E-state index is 0.0696. The van der Waals surface area contributed by atoms with Gasteiger partial charge in [-0.05, 0) is 11.6 Å². The van der Waals surface area contributed by atoms with Crippen LogP contribution < -0.4 is 0 Å². The second-order valence-corrected chi connectivity index (χ2v) is 2.68. The monoisotopic (exact) mass is 211 g/mol. The van der Waals surface area contributed by atoms with E-state index in [4.69, 9.17) is 10.5 Å². The minimum Gasteiger partial charge on any atom is -0.250 e. The molecule has 0 atom stereocenters. The Morgan fingerprint density at radius 3 is 2.47 bits per heavy atom. The van der Waals surface area contributed by atoms with Crippen molar-refractivity contribution in [2.75, 3.05) is 0 Å². The molecular weight excluding hydrogens is 207 g/mol. The summed E-state index contributed by atoms with van der Waals surface area (Å²) in [6, 6.07) is 4.20. The van der Waals surface area contributed by atoms with Crippen LogP contribution in [0.2, 0.25) is 0 Å². The Kier molecular flexibility index (Phi) is 2.91. The molecule has 0 N–H and O–H groups in total. The quantitative estimate of drug-likeness (QED) is 0.714. The molecule has 0 aliphatic rings. The Hall–Kier alpha value is -2.08. The molecule has 0 bridgehead atoms. The fraction of sp³-hybridized carbons (Fsp3) is 0.222. The maximum Gasteiger partial charge on any atom is 0.434 e. The molecule has 76 valence electrons. The van der Waals surface area contributed by atoms with Crippen molar-refractivity contribution in [3.05, 3.63) is 29.1 Å². The van der Waals surface area contributed by atoms with E-state index in [2.05, 4.69) is 4.98 Å². The second kappa shape index (κ2) is 3.97. The lowest BCUT2D eigenvalue weighted by molar-refractivity contribution is -0.141. The van der Waals surface area contributed by atoms with Gasteiger partial charge in [0, 0.05) is 6.20 Å². The predicted molar refractivity (Wildman–Crippen MR) is 43.3 cm³/mol. The minimum atomic E-state index is -4.64. The fourth-order valence-electron chi connectivity index (χ4n) is 1.01. The first kappa shape index (κ1) is 11.0. The summed E-state index contributed by atoms with van der Waals surface area (Å²) in [6.45, 7) is 0. The molecule has 0 saturated carbocycles. The van der Waals surface area contributed by atoms with E-state index in [0.717, 1.165) is 12.3 Å². The second-order valence-electron chi connectivity index (χ2n) is 2.68. The molecule has 0 fully saturated rings. The summed E-state index contributed by atoms with van der Waals surface area (Å²) >= 11 is 0. The van der Waals surface area contributed by atoms with Crippen molar-refractivity contribution < 1.29 is 13.2 Å². The lowest BCUT2D eigenvalue weighted by atomic mass is 10.1. The standard InChI is InChI=1S/C9H4F3N3/c10-9(11,12)8-7(4-14)3-6(1-2-13)5-15-8/h3,5H,1H2. The molecule has 1 heterocycles. The van der Waals surface area contributed by atoms with E-state index in [-0.39, 0.29) is 6.42 Å². The first-order chi connectivity index (χ1) is 6.99. The van der Waals surface area contributed by atoms with Gasteiger partial charge in [-0.1, -0.05) is 0 Å². The molecular formula is C9H4F3N3. The van der Waals surface area contributed by atoms with E-state index in [0.29, 0.717) is 5.56 Å². The molecule has 0 aromatic carbocycles. The molecule has 0 aliphatic heterocycles. The first-order valence-corrected chi connectivity index (χ1v) is 3.82. The van der Waals surface area contributed by atoms with Crippen LogP contribution in [0.5, 0.6) is 0 Å². The molecule has 0 aliphatic carbocycles. The molecule has 0 spiro atoms. The number of nitrogens with zero attached hydrogens (tertiary/aromatic N) is 3. The molecule has 0 amide bonds. The average Bonchev–Trinajstić information content (AvgIpc) is 2.16. The third kappa shape index (κ3) is 2.44. The average molecular weight is 211 g/mol. The summed E-state index contributed by atoms with van der Waals surface area (Å²) in [5.41, 5.74) is -1.48. The zero-order chi connectivity index (χ0) is 11.5. The summed E-state index contributed by atoms with van der Waals surface area (Å²) in [5.74, 6) is 0. The molecule has 3 nitrogen and oxygen atoms in total. The van der Waals surface area contributed by atoms with Crippen molar-refractivity contribution in [1.82, 2.24) is 4.98 Å². The molecule has 0 radical (unpaired) electrons. The Labute approximate surface area is 83.4 Å². The maximum absolute atomic E-state index is 12.3. The number of rotatable bonds is 1. The highest BCUT2D eigenvalue weighted by Crippen LogP contribution is 2.30. The molecule has 1 aromatic heterocycles. The van der Waals surface area contributed by atoms with Crippen molar-refractivity contribution >= 4 is 0 Å². The van der Waals surface area contributed by atoms with Crippen molar-refractivity contribution in [2.24, 2.45) is 0 Å². The highest BCUT2D eigenvalue weighted by atomic mass is 19.4. The van der Waals surface area contributed by atoms with Crippen LogP contribution in [0.1, 0.15) is 16.8 Å². The summed E-state index contributed by atoms with van der Waals surface area (Å²) in [4.78, 5) is 3.14. The number of nitriles is 2. The van der Waals surface area contributed by atoms with Crippen molar-refractivity contribution in [3.8, 4) is 12.1 Å². The van der Waals surface area contributed by atoms with Gasteiger partial charge in [-0.3, -0.25) is 4.98 Å². The van der Waals surface area contributed by atoms with Crippen LogP contribution in [0.15, 0.2) is 12.3 Å². The normalized spacial score (nSPS) is 10.5. The Morgan fingerprint density at radius 1 is 1.33 bits per heavy atom. The fourth-order valence-corrected chi connectivity index (χ4v) is 1.01. The third-order valence-corrected chi connectivity index (χ3v) is 1.62. The number of pyridine rings is 1. The largest absolute Gasteiger partial charge is 0.434 e. The van der Waals surface area contributed by atoms with Crippen molar-refractivity contribution in [1.29, 1.82) is 10.5 Å². The highest BCUT2D eigenvalue weighted by molar-refractivity contribution is 5.38. The van der Waals surface area contributed by atoms with Crippen LogP contribution in [0.25, 0.3) is 0 Å². The van der Waals surface area contributed by atoms with E-state index < -0.39 is 17.4 Å². The van der Waals surface area contributed by atoms with Crippen LogP contribution in [0.3, 0.4) is 0 Å². The van der Waals surface area contributed by atoms with Crippen molar-refractivity contribution in [2.45, 2.75) is 12.6 Å². The summed E-state index contributed by atoms with van der Waals surface area (Å²) < 4.78 is 36.8. The van der Waals surface area contributed by atoms with E-state index in [1.165, 1.54) is 6.07 Å². The Morgan fingerprint density at radius 2 is 2.00 bits per heavy atom. The van der Waals surface area contributed by atoms with E-state index in [1.54, 1.807) is 6.07 Å². The van der Waals surface area contributed by atoms with Crippen LogP contribution in [-0.4, -0.2) is 4.98 Å². The zero-order valence-corrected chi connectivity index (χ0v) is 7.34. The Balaban J connectivity index is 3.24.